The van der Waals surface area contributed by atoms with Gasteiger partial charge in [-0.1, -0.05) is 105 Å². The standard InChI is InChI=1S/C30H22ClN3/c1-30(2)25-11-7-6-10-23(25)24-17-16-22(18-26(24)30)28-32-27(33-29(31)34-28)21-14-12-20(13-15-21)19-8-4-3-5-9-19/h3-18H,1-2H3. The minimum atomic E-state index is -0.0884. The second kappa shape index (κ2) is 7.89. The fourth-order valence-corrected chi connectivity index (χ4v) is 5.05. The Kier molecular flexibility index (Phi) is 4.82. The van der Waals surface area contributed by atoms with Gasteiger partial charge in [0.15, 0.2) is 11.6 Å². The smallest absolute Gasteiger partial charge is 0.208 e. The van der Waals surface area contributed by atoms with Gasteiger partial charge in [-0.25, -0.2) is 4.98 Å². The lowest BCUT2D eigenvalue weighted by Crippen LogP contribution is -2.15. The summed E-state index contributed by atoms with van der Waals surface area (Å²) in [5, 5.41) is 0.190. The molecule has 0 radical (unpaired) electrons. The van der Waals surface area contributed by atoms with Crippen molar-refractivity contribution in [2.45, 2.75) is 19.3 Å². The van der Waals surface area contributed by atoms with Crippen LogP contribution in [-0.2, 0) is 5.41 Å². The van der Waals surface area contributed by atoms with Crippen LogP contribution in [0.2, 0.25) is 5.28 Å². The zero-order chi connectivity index (χ0) is 23.3. The van der Waals surface area contributed by atoms with Crippen LogP contribution in [0.1, 0.15) is 25.0 Å². The maximum Gasteiger partial charge on any atom is 0.226 e. The molecule has 164 valence electrons. The summed E-state index contributed by atoms with van der Waals surface area (Å²) < 4.78 is 0. The number of nitrogens with zero attached hydrogens (tertiary/aromatic N) is 3. The molecular formula is C30H22ClN3. The van der Waals surface area contributed by atoms with Crippen molar-refractivity contribution in [3.05, 3.63) is 113 Å². The lowest BCUT2D eigenvalue weighted by atomic mass is 9.82. The summed E-state index contributed by atoms with van der Waals surface area (Å²) in [5.41, 5.74) is 9.24. The number of rotatable bonds is 3. The molecule has 5 aromatic rings. The topological polar surface area (TPSA) is 38.7 Å². The van der Waals surface area contributed by atoms with E-state index in [1.54, 1.807) is 0 Å². The predicted octanol–water partition coefficient (Wildman–Crippen LogP) is 7.83. The van der Waals surface area contributed by atoms with Crippen LogP contribution >= 0.6 is 11.6 Å². The Bertz CT molecular complexity index is 1520. The highest BCUT2D eigenvalue weighted by molar-refractivity contribution is 6.28. The van der Waals surface area contributed by atoms with Gasteiger partial charge in [-0.3, -0.25) is 0 Å². The number of hydrogen-bond acceptors (Lipinski definition) is 3. The van der Waals surface area contributed by atoms with Gasteiger partial charge in [-0.2, -0.15) is 9.97 Å². The van der Waals surface area contributed by atoms with Crippen LogP contribution in [0.25, 0.3) is 45.0 Å². The minimum absolute atomic E-state index is 0.0884. The zero-order valence-corrected chi connectivity index (χ0v) is 19.7. The molecule has 0 saturated carbocycles. The summed E-state index contributed by atoms with van der Waals surface area (Å²) >= 11 is 6.36. The summed E-state index contributed by atoms with van der Waals surface area (Å²) in [6, 6.07) is 33.6. The second-order valence-electron chi connectivity index (χ2n) is 9.13. The molecule has 0 fully saturated rings. The maximum absolute atomic E-state index is 6.36. The fraction of sp³-hybridized carbons (Fsp3) is 0.100. The first-order chi connectivity index (χ1) is 16.5. The Hall–Kier alpha value is -3.82. The van der Waals surface area contributed by atoms with Crippen molar-refractivity contribution in [2.75, 3.05) is 0 Å². The Labute approximate surface area is 204 Å². The second-order valence-corrected chi connectivity index (χ2v) is 9.46. The molecule has 1 aliphatic rings. The average Bonchev–Trinajstić information content (AvgIpc) is 3.11. The van der Waals surface area contributed by atoms with Gasteiger partial charge in [0.2, 0.25) is 5.28 Å². The summed E-state index contributed by atoms with van der Waals surface area (Å²) in [7, 11) is 0. The fourth-order valence-electron chi connectivity index (χ4n) is 4.89. The highest BCUT2D eigenvalue weighted by Crippen LogP contribution is 2.49. The molecule has 0 spiro atoms. The van der Waals surface area contributed by atoms with Gasteiger partial charge in [-0.15, -0.1) is 0 Å². The van der Waals surface area contributed by atoms with Gasteiger partial charge in [-0.05, 0) is 51.0 Å². The number of aromatic nitrogens is 3. The van der Waals surface area contributed by atoms with Crippen LogP contribution in [0, 0.1) is 0 Å². The molecule has 3 nitrogen and oxygen atoms in total. The molecule has 1 heterocycles. The molecule has 0 atom stereocenters. The van der Waals surface area contributed by atoms with Crippen molar-refractivity contribution in [3.8, 4) is 45.0 Å². The van der Waals surface area contributed by atoms with Crippen molar-refractivity contribution >= 4 is 11.6 Å². The van der Waals surface area contributed by atoms with E-state index in [1.807, 2.05) is 30.3 Å². The summed E-state index contributed by atoms with van der Waals surface area (Å²) in [6.45, 7) is 4.53. The molecular weight excluding hydrogens is 438 g/mol. The van der Waals surface area contributed by atoms with Crippen LogP contribution in [0.15, 0.2) is 97.1 Å². The van der Waals surface area contributed by atoms with Crippen LogP contribution < -0.4 is 0 Å². The van der Waals surface area contributed by atoms with E-state index in [1.165, 1.54) is 27.8 Å². The van der Waals surface area contributed by atoms with Gasteiger partial charge in [0.25, 0.3) is 0 Å². The monoisotopic (exact) mass is 459 g/mol. The molecule has 4 aromatic carbocycles. The van der Waals surface area contributed by atoms with Gasteiger partial charge < -0.3 is 0 Å². The molecule has 0 unspecified atom stereocenters. The summed E-state index contributed by atoms with van der Waals surface area (Å²) in [4.78, 5) is 13.7. The largest absolute Gasteiger partial charge is 0.226 e. The Morgan fingerprint density at radius 2 is 1.09 bits per heavy atom. The van der Waals surface area contributed by atoms with Gasteiger partial charge in [0.05, 0.1) is 0 Å². The van der Waals surface area contributed by atoms with E-state index in [9.17, 15) is 0 Å². The van der Waals surface area contributed by atoms with Crippen molar-refractivity contribution in [3.63, 3.8) is 0 Å². The summed E-state index contributed by atoms with van der Waals surface area (Å²) in [5.74, 6) is 1.15. The van der Waals surface area contributed by atoms with Crippen LogP contribution in [0.4, 0.5) is 0 Å². The molecule has 6 rings (SSSR count). The Morgan fingerprint density at radius 3 is 1.85 bits per heavy atom. The average molecular weight is 460 g/mol. The first kappa shape index (κ1) is 20.8. The summed E-state index contributed by atoms with van der Waals surface area (Å²) in [6.07, 6.45) is 0. The number of hydrogen-bond donors (Lipinski definition) is 0. The third kappa shape index (κ3) is 3.41. The van der Waals surface area contributed by atoms with E-state index in [2.05, 4.69) is 90.5 Å². The van der Waals surface area contributed by atoms with Crippen molar-refractivity contribution in [1.29, 1.82) is 0 Å². The van der Waals surface area contributed by atoms with Gasteiger partial charge in [0, 0.05) is 16.5 Å². The first-order valence-corrected chi connectivity index (χ1v) is 11.7. The molecule has 0 bridgehead atoms. The molecule has 0 saturated heterocycles. The predicted molar refractivity (Wildman–Crippen MR) is 139 cm³/mol. The lowest BCUT2D eigenvalue weighted by molar-refractivity contribution is 0.660. The van der Waals surface area contributed by atoms with Gasteiger partial charge >= 0.3 is 0 Å². The van der Waals surface area contributed by atoms with Crippen molar-refractivity contribution in [1.82, 2.24) is 15.0 Å². The first-order valence-electron chi connectivity index (χ1n) is 11.3. The normalized spacial score (nSPS) is 13.4. The molecule has 4 heteroatoms. The SMILES string of the molecule is CC1(C)c2ccccc2-c2ccc(-c3nc(Cl)nc(-c4ccc(-c5ccccc5)cc4)n3)cc21. The van der Waals surface area contributed by atoms with E-state index in [0.29, 0.717) is 11.6 Å². The number of benzene rings is 4. The van der Waals surface area contributed by atoms with E-state index < -0.39 is 0 Å². The van der Waals surface area contributed by atoms with Crippen LogP contribution in [-0.4, -0.2) is 15.0 Å². The molecule has 1 aromatic heterocycles. The van der Waals surface area contributed by atoms with Crippen molar-refractivity contribution in [2.24, 2.45) is 0 Å². The quantitative estimate of drug-likeness (QED) is 0.276. The van der Waals surface area contributed by atoms with Gasteiger partial charge in [0.1, 0.15) is 0 Å². The van der Waals surface area contributed by atoms with E-state index in [0.717, 1.165) is 16.7 Å². The molecule has 0 N–H and O–H groups in total. The number of halogens is 1. The van der Waals surface area contributed by atoms with E-state index in [-0.39, 0.29) is 10.7 Å². The highest BCUT2D eigenvalue weighted by Gasteiger charge is 2.35. The highest BCUT2D eigenvalue weighted by atomic mass is 35.5. The molecule has 0 amide bonds. The Morgan fingerprint density at radius 1 is 0.529 bits per heavy atom. The maximum atomic E-state index is 6.36. The van der Waals surface area contributed by atoms with E-state index >= 15 is 0 Å². The third-order valence-corrected chi connectivity index (χ3v) is 6.87. The van der Waals surface area contributed by atoms with Crippen molar-refractivity contribution < 1.29 is 0 Å². The molecule has 0 aliphatic heterocycles. The molecule has 34 heavy (non-hydrogen) atoms. The minimum Gasteiger partial charge on any atom is -0.208 e. The molecule has 1 aliphatic carbocycles. The van der Waals surface area contributed by atoms with Crippen LogP contribution in [0.3, 0.4) is 0 Å². The third-order valence-electron chi connectivity index (χ3n) is 6.70. The Balaban J connectivity index is 1.39. The number of fused-ring (bicyclic) bond motifs is 3. The zero-order valence-electron chi connectivity index (χ0n) is 19.0. The van der Waals surface area contributed by atoms with Crippen LogP contribution in [0.5, 0.6) is 0 Å². The lowest BCUT2D eigenvalue weighted by Gasteiger charge is -2.21. The van der Waals surface area contributed by atoms with E-state index in [4.69, 9.17) is 16.6 Å².